The van der Waals surface area contributed by atoms with E-state index in [0.29, 0.717) is 49.2 Å². The largest absolute Gasteiger partial charge is 0.322 e. The highest BCUT2D eigenvalue weighted by atomic mass is 19.3. The molecule has 4 atom stereocenters. The van der Waals surface area contributed by atoms with Crippen LogP contribution in [0.15, 0.2) is 18.2 Å². The summed E-state index contributed by atoms with van der Waals surface area (Å²) in [5.41, 5.74) is 2.73. The molecule has 2 aliphatic heterocycles. The summed E-state index contributed by atoms with van der Waals surface area (Å²) in [4.78, 5) is 38.4. The van der Waals surface area contributed by atoms with E-state index in [2.05, 4.69) is 23.6 Å². The zero-order valence-electron chi connectivity index (χ0n) is 20.3. The number of fused-ring (bicyclic) bond motifs is 1. The van der Waals surface area contributed by atoms with Gasteiger partial charge in [0.2, 0.25) is 17.7 Å². The van der Waals surface area contributed by atoms with Gasteiger partial charge in [-0.05, 0) is 74.0 Å². The Labute approximate surface area is 205 Å². The predicted molar refractivity (Wildman–Crippen MR) is 127 cm³/mol. The number of rotatable bonds is 5. The molecule has 0 aromatic heterocycles. The topological polar surface area (TPSA) is 78.5 Å². The van der Waals surface area contributed by atoms with Crippen molar-refractivity contribution in [1.29, 1.82) is 0 Å². The van der Waals surface area contributed by atoms with Crippen LogP contribution < -0.4 is 10.6 Å². The minimum atomic E-state index is -2.51. The van der Waals surface area contributed by atoms with Gasteiger partial charge in [-0.2, -0.15) is 0 Å². The molecule has 3 fully saturated rings. The summed E-state index contributed by atoms with van der Waals surface area (Å²) in [6.45, 7) is 2.66. The fourth-order valence-corrected chi connectivity index (χ4v) is 6.51. The Morgan fingerprint density at radius 3 is 2.60 bits per heavy atom. The molecule has 0 radical (unpaired) electrons. The number of hydrogen-bond acceptors (Lipinski definition) is 4. The van der Waals surface area contributed by atoms with Crippen molar-refractivity contribution in [2.75, 3.05) is 0 Å². The Hall–Kier alpha value is -2.35. The van der Waals surface area contributed by atoms with E-state index in [1.165, 1.54) is 5.56 Å². The van der Waals surface area contributed by atoms with E-state index in [-0.39, 0.29) is 37.1 Å². The van der Waals surface area contributed by atoms with Crippen molar-refractivity contribution >= 4 is 17.7 Å². The number of benzene rings is 1. The van der Waals surface area contributed by atoms with Crippen LogP contribution in [0.5, 0.6) is 0 Å². The number of nitrogens with one attached hydrogen (secondary N) is 2. The summed E-state index contributed by atoms with van der Waals surface area (Å²) in [7, 11) is 0. The van der Waals surface area contributed by atoms with Crippen LogP contribution >= 0.6 is 0 Å². The molecule has 1 unspecified atom stereocenters. The van der Waals surface area contributed by atoms with Crippen molar-refractivity contribution in [3.63, 3.8) is 0 Å². The van der Waals surface area contributed by atoms with Gasteiger partial charge in [0.1, 0.15) is 6.04 Å². The third-order valence-electron chi connectivity index (χ3n) is 8.50. The van der Waals surface area contributed by atoms with Gasteiger partial charge in [-0.3, -0.25) is 19.7 Å². The average molecular weight is 488 g/mol. The standard InChI is InChI=1S/C27H35F2N3O3/c1-16-2-5-22(30-20-8-10-27(28,29)11-9-20)18(12-16)13-17-3-4-21-19(14-17)15-32(26(21)35)23-6-7-24(33)31-25(23)34/h3-4,14,16,18,20,22-23,30H,2,5-13,15H2,1H3,(H,31,33,34)/t16-,18+,22-,23?/m0/s1. The maximum Gasteiger partial charge on any atom is 0.255 e. The monoisotopic (exact) mass is 487 g/mol. The molecule has 35 heavy (non-hydrogen) atoms. The Kier molecular flexibility index (Phi) is 6.68. The third kappa shape index (κ3) is 5.27. The number of hydrogen-bond donors (Lipinski definition) is 2. The maximum absolute atomic E-state index is 13.6. The Balaban J connectivity index is 1.26. The van der Waals surface area contributed by atoms with Crippen LogP contribution in [0.4, 0.5) is 8.78 Å². The molecule has 2 heterocycles. The van der Waals surface area contributed by atoms with E-state index in [0.717, 1.165) is 31.2 Å². The fraction of sp³-hybridized carbons (Fsp3) is 0.667. The second kappa shape index (κ2) is 9.60. The van der Waals surface area contributed by atoms with Gasteiger partial charge in [-0.25, -0.2) is 8.78 Å². The summed E-state index contributed by atoms with van der Waals surface area (Å²) in [6.07, 6.45) is 5.80. The molecule has 5 rings (SSSR count). The van der Waals surface area contributed by atoms with E-state index < -0.39 is 17.9 Å². The first-order chi connectivity index (χ1) is 16.7. The van der Waals surface area contributed by atoms with Gasteiger partial charge < -0.3 is 10.2 Å². The number of carbonyl (C=O) groups is 3. The highest BCUT2D eigenvalue weighted by Crippen LogP contribution is 2.37. The quantitative estimate of drug-likeness (QED) is 0.617. The summed E-state index contributed by atoms with van der Waals surface area (Å²) < 4.78 is 27.2. The molecule has 2 aliphatic carbocycles. The van der Waals surface area contributed by atoms with Crippen LogP contribution in [0.2, 0.25) is 0 Å². The molecule has 190 valence electrons. The number of carbonyl (C=O) groups excluding carboxylic acids is 3. The minimum Gasteiger partial charge on any atom is -0.322 e. The van der Waals surface area contributed by atoms with Gasteiger partial charge >= 0.3 is 0 Å². The zero-order chi connectivity index (χ0) is 24.7. The summed E-state index contributed by atoms with van der Waals surface area (Å²) in [6, 6.07) is 5.86. The van der Waals surface area contributed by atoms with Crippen LogP contribution in [0.25, 0.3) is 0 Å². The molecule has 0 bridgehead atoms. The van der Waals surface area contributed by atoms with Crippen molar-refractivity contribution < 1.29 is 23.2 Å². The van der Waals surface area contributed by atoms with Crippen LogP contribution in [-0.2, 0) is 22.6 Å². The Morgan fingerprint density at radius 2 is 1.86 bits per heavy atom. The average Bonchev–Trinajstić information content (AvgIpc) is 3.12. The molecule has 1 aromatic rings. The minimum absolute atomic E-state index is 0.0268. The van der Waals surface area contributed by atoms with Crippen LogP contribution in [-0.4, -0.2) is 46.7 Å². The van der Waals surface area contributed by atoms with Gasteiger partial charge in [-0.15, -0.1) is 0 Å². The third-order valence-corrected chi connectivity index (χ3v) is 8.50. The van der Waals surface area contributed by atoms with Gasteiger partial charge in [0.15, 0.2) is 0 Å². The molecular formula is C27H35F2N3O3. The number of imide groups is 1. The number of piperidine rings is 1. The SMILES string of the molecule is C[C@H]1CC[C@H](NC2CCC(F)(F)CC2)[C@@H](Cc2ccc3c(c2)CN(C2CCC(=O)NC2=O)C3=O)C1. The second-order valence-electron chi connectivity index (χ2n) is 11.2. The first-order valence-corrected chi connectivity index (χ1v) is 13.1. The van der Waals surface area contributed by atoms with Gasteiger partial charge in [0.05, 0.1) is 0 Å². The zero-order valence-corrected chi connectivity index (χ0v) is 20.3. The van der Waals surface area contributed by atoms with E-state index >= 15 is 0 Å². The molecule has 1 aromatic carbocycles. The molecular weight excluding hydrogens is 452 g/mol. The number of nitrogens with zero attached hydrogens (tertiary/aromatic N) is 1. The lowest BCUT2D eigenvalue weighted by Gasteiger charge is -2.39. The van der Waals surface area contributed by atoms with Crippen molar-refractivity contribution in [3.8, 4) is 0 Å². The highest BCUT2D eigenvalue weighted by molar-refractivity contribution is 6.05. The molecule has 4 aliphatic rings. The summed E-state index contributed by atoms with van der Waals surface area (Å²) in [5, 5.41) is 6.08. The van der Waals surface area contributed by atoms with E-state index in [4.69, 9.17) is 0 Å². The van der Waals surface area contributed by atoms with E-state index in [1.54, 1.807) is 4.90 Å². The molecule has 0 spiro atoms. The van der Waals surface area contributed by atoms with E-state index in [9.17, 15) is 23.2 Å². The molecule has 3 amide bonds. The molecule has 1 saturated heterocycles. The number of halogens is 2. The first-order valence-electron chi connectivity index (χ1n) is 13.1. The molecule has 6 nitrogen and oxygen atoms in total. The van der Waals surface area contributed by atoms with Gasteiger partial charge in [-0.1, -0.05) is 19.1 Å². The normalized spacial score (nSPS) is 31.4. The van der Waals surface area contributed by atoms with Crippen molar-refractivity contribution in [2.24, 2.45) is 11.8 Å². The lowest BCUT2D eigenvalue weighted by atomic mass is 9.75. The number of alkyl halides is 2. The van der Waals surface area contributed by atoms with Gasteiger partial charge in [0, 0.05) is 43.5 Å². The Morgan fingerprint density at radius 1 is 1.09 bits per heavy atom. The molecule has 2 N–H and O–H groups in total. The summed E-state index contributed by atoms with van der Waals surface area (Å²) >= 11 is 0. The highest BCUT2D eigenvalue weighted by Gasteiger charge is 2.40. The van der Waals surface area contributed by atoms with Crippen molar-refractivity contribution in [2.45, 2.75) is 102 Å². The maximum atomic E-state index is 13.6. The lowest BCUT2D eigenvalue weighted by molar-refractivity contribution is -0.136. The number of amides is 3. The Bertz CT molecular complexity index is 1000. The second-order valence-corrected chi connectivity index (χ2v) is 11.2. The van der Waals surface area contributed by atoms with E-state index in [1.807, 2.05) is 12.1 Å². The molecule has 2 saturated carbocycles. The smallest absolute Gasteiger partial charge is 0.255 e. The summed E-state index contributed by atoms with van der Waals surface area (Å²) in [5.74, 6) is -2.29. The lowest BCUT2D eigenvalue weighted by Crippen LogP contribution is -2.52. The van der Waals surface area contributed by atoms with Gasteiger partial charge in [0.25, 0.3) is 5.91 Å². The molecule has 8 heteroatoms. The first kappa shape index (κ1) is 24.3. The van der Waals surface area contributed by atoms with Crippen LogP contribution in [0, 0.1) is 11.8 Å². The fourth-order valence-electron chi connectivity index (χ4n) is 6.51. The predicted octanol–water partition coefficient (Wildman–Crippen LogP) is 3.96. The van der Waals surface area contributed by atoms with Crippen molar-refractivity contribution in [1.82, 2.24) is 15.5 Å². The van der Waals surface area contributed by atoms with Crippen LogP contribution in [0.1, 0.15) is 86.2 Å². The van der Waals surface area contributed by atoms with Crippen molar-refractivity contribution in [3.05, 3.63) is 34.9 Å². The van der Waals surface area contributed by atoms with Crippen LogP contribution in [0.3, 0.4) is 0 Å².